The second-order valence-corrected chi connectivity index (χ2v) is 9.29. The average Bonchev–Trinajstić information content (AvgIpc) is 3.24. The highest BCUT2D eigenvalue weighted by Crippen LogP contribution is 2.72. The zero-order valence-corrected chi connectivity index (χ0v) is 15.7. The van der Waals surface area contributed by atoms with Crippen LogP contribution in [0.25, 0.3) is 0 Å². The lowest BCUT2D eigenvalue weighted by atomic mass is 9.50. The van der Waals surface area contributed by atoms with Gasteiger partial charge in [-0.2, -0.15) is 0 Å². The van der Waals surface area contributed by atoms with Gasteiger partial charge in [0.1, 0.15) is 11.2 Å². The van der Waals surface area contributed by atoms with E-state index in [9.17, 15) is 0 Å². The number of hydrogen-bond acceptors (Lipinski definition) is 3. The summed E-state index contributed by atoms with van der Waals surface area (Å²) in [6, 6.07) is 10.3. The van der Waals surface area contributed by atoms with E-state index < -0.39 is 0 Å². The highest BCUT2D eigenvalue weighted by molar-refractivity contribution is 5.43. The van der Waals surface area contributed by atoms with Gasteiger partial charge < -0.3 is 14.2 Å². The Balaban J connectivity index is 1.61. The van der Waals surface area contributed by atoms with E-state index in [1.54, 1.807) is 0 Å². The summed E-state index contributed by atoms with van der Waals surface area (Å²) in [7, 11) is 0. The Kier molecular flexibility index (Phi) is 3.06. The van der Waals surface area contributed by atoms with Gasteiger partial charge in [0.05, 0.1) is 12.7 Å². The summed E-state index contributed by atoms with van der Waals surface area (Å²) in [6.45, 7) is 9.96. The predicted octanol–water partition coefficient (Wildman–Crippen LogP) is 4.78. The molecule has 5 rings (SSSR count). The van der Waals surface area contributed by atoms with Crippen molar-refractivity contribution in [2.24, 2.45) is 10.8 Å². The summed E-state index contributed by atoms with van der Waals surface area (Å²) in [5.74, 6) is 0. The predicted molar refractivity (Wildman–Crippen MR) is 96.1 cm³/mol. The van der Waals surface area contributed by atoms with Crippen LogP contribution in [0, 0.1) is 10.8 Å². The van der Waals surface area contributed by atoms with Crippen molar-refractivity contribution in [1.29, 1.82) is 0 Å². The topological polar surface area (TPSA) is 31.0 Å². The molecule has 3 heteroatoms. The fourth-order valence-corrected chi connectivity index (χ4v) is 5.98. The summed E-state index contributed by atoms with van der Waals surface area (Å²) in [4.78, 5) is 0. The molecule has 1 aromatic carbocycles. The minimum atomic E-state index is -0.307. The van der Waals surface area contributed by atoms with E-state index in [1.807, 2.05) is 18.2 Å². The Bertz CT molecular complexity index is 739. The van der Waals surface area contributed by atoms with E-state index in [0.717, 1.165) is 24.8 Å². The van der Waals surface area contributed by atoms with Crippen LogP contribution in [0.2, 0.25) is 0 Å². The molecule has 2 saturated heterocycles. The second-order valence-electron chi connectivity index (χ2n) is 9.29. The van der Waals surface area contributed by atoms with Crippen LogP contribution in [0.1, 0.15) is 58.8 Å². The van der Waals surface area contributed by atoms with Crippen molar-refractivity contribution in [3.63, 3.8) is 0 Å². The molecule has 2 heterocycles. The molecule has 5 atom stereocenters. The SMILES string of the molecule is CC1(C)CC[C@@H]2O[C@H](c3ccccc3)OC[C@@]34O[C@]3(C)CC=C1[C@]24C. The van der Waals surface area contributed by atoms with E-state index >= 15 is 0 Å². The number of epoxide rings is 1. The van der Waals surface area contributed by atoms with E-state index in [-0.39, 0.29) is 34.4 Å². The van der Waals surface area contributed by atoms with Crippen molar-refractivity contribution in [3.05, 3.63) is 47.5 Å². The molecule has 0 amide bonds. The van der Waals surface area contributed by atoms with Crippen LogP contribution in [-0.4, -0.2) is 23.9 Å². The van der Waals surface area contributed by atoms with Crippen molar-refractivity contribution in [3.8, 4) is 0 Å². The summed E-state index contributed by atoms with van der Waals surface area (Å²) in [5.41, 5.74) is 2.32. The summed E-state index contributed by atoms with van der Waals surface area (Å²) < 4.78 is 19.5. The molecule has 0 radical (unpaired) electrons. The lowest BCUT2D eigenvalue weighted by molar-refractivity contribution is -0.177. The summed E-state index contributed by atoms with van der Waals surface area (Å²) in [5, 5.41) is 0. The molecule has 1 spiro atoms. The van der Waals surface area contributed by atoms with Crippen LogP contribution >= 0.6 is 0 Å². The van der Waals surface area contributed by atoms with E-state index in [2.05, 4.69) is 45.9 Å². The van der Waals surface area contributed by atoms with Crippen molar-refractivity contribution in [1.82, 2.24) is 0 Å². The third kappa shape index (κ3) is 1.87. The third-order valence-electron chi connectivity index (χ3n) is 7.51. The molecule has 0 aromatic heterocycles. The lowest BCUT2D eigenvalue weighted by Crippen LogP contribution is -2.58. The number of benzene rings is 1. The van der Waals surface area contributed by atoms with Crippen molar-refractivity contribution in [2.45, 2.75) is 70.6 Å². The van der Waals surface area contributed by atoms with Gasteiger partial charge in [0.2, 0.25) is 0 Å². The van der Waals surface area contributed by atoms with Crippen LogP contribution in [-0.2, 0) is 14.2 Å². The molecular weight excluding hydrogens is 312 g/mol. The Morgan fingerprint density at radius 3 is 2.56 bits per heavy atom. The Morgan fingerprint density at radius 1 is 1.04 bits per heavy atom. The van der Waals surface area contributed by atoms with E-state index in [1.165, 1.54) is 5.57 Å². The quantitative estimate of drug-likeness (QED) is 0.544. The molecular formula is C22H28O3. The zero-order chi connectivity index (χ0) is 17.5. The number of hydrogen-bond donors (Lipinski definition) is 0. The number of ether oxygens (including phenoxy) is 3. The standard InChI is InChI=1S/C22H28O3/c1-19(2)12-11-17-21(4)16(19)10-13-20(3)22(21,25-20)14-23-18(24-17)15-8-6-5-7-9-15/h5-10,17-18H,11-14H2,1-4H3/t17-,18+,20+,21+,22+/m0/s1. The Labute approximate surface area is 150 Å². The van der Waals surface area contributed by atoms with Gasteiger partial charge in [-0.1, -0.05) is 62.8 Å². The normalized spacial score (nSPS) is 47.1. The van der Waals surface area contributed by atoms with Crippen LogP contribution in [0.15, 0.2) is 42.0 Å². The van der Waals surface area contributed by atoms with E-state index in [0.29, 0.717) is 6.61 Å². The minimum absolute atomic E-state index is 0.119. The number of rotatable bonds is 1. The van der Waals surface area contributed by atoms with Gasteiger partial charge in [0, 0.05) is 11.0 Å². The van der Waals surface area contributed by atoms with Crippen molar-refractivity contribution >= 4 is 0 Å². The molecule has 2 aliphatic heterocycles. The van der Waals surface area contributed by atoms with Gasteiger partial charge in [0.25, 0.3) is 0 Å². The molecule has 1 saturated carbocycles. The largest absolute Gasteiger partial charge is 0.359 e. The summed E-state index contributed by atoms with van der Waals surface area (Å²) in [6.07, 6.45) is 5.44. The Hall–Kier alpha value is -1.16. The first-order valence-electron chi connectivity index (χ1n) is 9.56. The molecule has 0 unspecified atom stereocenters. The fraction of sp³-hybridized carbons (Fsp3) is 0.636. The monoisotopic (exact) mass is 340 g/mol. The Morgan fingerprint density at radius 2 is 1.80 bits per heavy atom. The van der Waals surface area contributed by atoms with Gasteiger partial charge >= 0.3 is 0 Å². The first-order chi connectivity index (χ1) is 11.8. The smallest absolute Gasteiger partial charge is 0.184 e. The first-order valence-corrected chi connectivity index (χ1v) is 9.56. The van der Waals surface area contributed by atoms with Gasteiger partial charge in [-0.05, 0) is 31.6 Å². The van der Waals surface area contributed by atoms with Crippen molar-refractivity contribution < 1.29 is 14.2 Å². The summed E-state index contributed by atoms with van der Waals surface area (Å²) >= 11 is 0. The maximum atomic E-state index is 6.63. The molecule has 0 bridgehead atoms. The van der Waals surface area contributed by atoms with Gasteiger partial charge in [-0.3, -0.25) is 0 Å². The van der Waals surface area contributed by atoms with Crippen LogP contribution in [0.3, 0.4) is 0 Å². The van der Waals surface area contributed by atoms with Crippen LogP contribution in [0.4, 0.5) is 0 Å². The van der Waals surface area contributed by atoms with Crippen LogP contribution in [0.5, 0.6) is 0 Å². The van der Waals surface area contributed by atoms with Gasteiger partial charge in [0.15, 0.2) is 6.29 Å². The maximum absolute atomic E-state index is 6.63. The third-order valence-corrected chi connectivity index (χ3v) is 7.51. The molecule has 3 fully saturated rings. The van der Waals surface area contributed by atoms with Gasteiger partial charge in [-0.15, -0.1) is 0 Å². The van der Waals surface area contributed by atoms with Crippen LogP contribution < -0.4 is 0 Å². The molecule has 1 aromatic rings. The molecule has 3 nitrogen and oxygen atoms in total. The molecule has 4 aliphatic rings. The van der Waals surface area contributed by atoms with Gasteiger partial charge in [-0.25, -0.2) is 0 Å². The first kappa shape index (κ1) is 16.0. The second kappa shape index (κ2) is 4.76. The highest BCUT2D eigenvalue weighted by Gasteiger charge is 2.80. The fourth-order valence-electron chi connectivity index (χ4n) is 5.98. The molecule has 134 valence electrons. The van der Waals surface area contributed by atoms with E-state index in [4.69, 9.17) is 14.2 Å². The minimum Gasteiger partial charge on any atom is -0.359 e. The maximum Gasteiger partial charge on any atom is 0.184 e. The molecule has 25 heavy (non-hydrogen) atoms. The highest BCUT2D eigenvalue weighted by atomic mass is 16.7. The molecule has 0 N–H and O–H groups in total. The van der Waals surface area contributed by atoms with Crippen molar-refractivity contribution in [2.75, 3.05) is 6.61 Å². The molecule has 2 aliphatic carbocycles. The zero-order valence-electron chi connectivity index (χ0n) is 15.7. The lowest BCUT2D eigenvalue weighted by Gasteiger charge is -2.54. The average molecular weight is 340 g/mol.